The molecule has 0 amide bonds. The van der Waals surface area contributed by atoms with Gasteiger partial charge in [-0.25, -0.2) is 0 Å². The van der Waals surface area contributed by atoms with Gasteiger partial charge in [0.05, 0.1) is 5.56 Å². The molecule has 1 aromatic carbocycles. The standard InChI is InChI=1S/C15H12N4O2/c1-10(20)11-4-2-6-13(8-11)17-15-19-18-14(21-15)12-5-3-7-16-9-12/h2-9H,1H3,(H,17,19). The SMILES string of the molecule is CC(=O)c1cccc(Nc2nnc(-c3cccnc3)o2)c1. The van der Waals surface area contributed by atoms with E-state index in [0.717, 1.165) is 5.56 Å². The van der Waals surface area contributed by atoms with Crippen LogP contribution in [-0.4, -0.2) is 21.0 Å². The average Bonchev–Trinajstić information content (AvgIpc) is 2.97. The van der Waals surface area contributed by atoms with Crippen LogP contribution in [0.3, 0.4) is 0 Å². The van der Waals surface area contributed by atoms with Gasteiger partial charge in [-0.2, -0.15) is 0 Å². The van der Waals surface area contributed by atoms with Crippen LogP contribution in [0.1, 0.15) is 17.3 Å². The van der Waals surface area contributed by atoms with E-state index in [0.29, 0.717) is 17.1 Å². The molecule has 3 rings (SSSR count). The molecule has 0 unspecified atom stereocenters. The van der Waals surface area contributed by atoms with Gasteiger partial charge in [0.25, 0.3) is 5.89 Å². The number of carbonyl (C=O) groups is 1. The van der Waals surface area contributed by atoms with E-state index in [-0.39, 0.29) is 11.8 Å². The Morgan fingerprint density at radius 2 is 2.10 bits per heavy atom. The van der Waals surface area contributed by atoms with Gasteiger partial charge in [-0.05, 0) is 31.2 Å². The molecule has 6 nitrogen and oxygen atoms in total. The number of nitrogens with zero attached hydrogens (tertiary/aromatic N) is 3. The van der Waals surface area contributed by atoms with Crippen LogP contribution in [0.15, 0.2) is 53.2 Å². The van der Waals surface area contributed by atoms with Crippen LogP contribution in [0.5, 0.6) is 0 Å². The summed E-state index contributed by atoms with van der Waals surface area (Å²) in [6.07, 6.45) is 3.32. The van der Waals surface area contributed by atoms with E-state index in [2.05, 4.69) is 20.5 Å². The Morgan fingerprint density at radius 1 is 1.19 bits per heavy atom. The van der Waals surface area contributed by atoms with Gasteiger partial charge in [0.1, 0.15) is 0 Å². The molecule has 0 aliphatic rings. The number of carbonyl (C=O) groups excluding carboxylic acids is 1. The third-order valence-corrected chi connectivity index (χ3v) is 2.85. The van der Waals surface area contributed by atoms with Crippen LogP contribution in [-0.2, 0) is 0 Å². The summed E-state index contributed by atoms with van der Waals surface area (Å²) in [4.78, 5) is 15.4. The van der Waals surface area contributed by atoms with E-state index in [1.165, 1.54) is 6.92 Å². The fourth-order valence-corrected chi connectivity index (χ4v) is 1.82. The number of pyridine rings is 1. The van der Waals surface area contributed by atoms with Crippen molar-refractivity contribution in [3.05, 3.63) is 54.4 Å². The molecule has 1 N–H and O–H groups in total. The highest BCUT2D eigenvalue weighted by atomic mass is 16.4. The van der Waals surface area contributed by atoms with Gasteiger partial charge in [-0.15, -0.1) is 5.10 Å². The van der Waals surface area contributed by atoms with E-state index in [1.54, 1.807) is 36.7 Å². The molecule has 0 atom stereocenters. The van der Waals surface area contributed by atoms with Crippen LogP contribution in [0, 0.1) is 0 Å². The fourth-order valence-electron chi connectivity index (χ4n) is 1.82. The van der Waals surface area contributed by atoms with Crippen LogP contribution in [0.4, 0.5) is 11.7 Å². The van der Waals surface area contributed by atoms with Crippen LogP contribution in [0.25, 0.3) is 11.5 Å². The number of benzene rings is 1. The van der Waals surface area contributed by atoms with Crippen molar-refractivity contribution in [2.24, 2.45) is 0 Å². The average molecular weight is 280 g/mol. The van der Waals surface area contributed by atoms with Crippen LogP contribution in [0.2, 0.25) is 0 Å². The van der Waals surface area contributed by atoms with Gasteiger partial charge in [0, 0.05) is 23.6 Å². The molecular weight excluding hydrogens is 268 g/mol. The third-order valence-electron chi connectivity index (χ3n) is 2.85. The molecule has 0 spiro atoms. The summed E-state index contributed by atoms with van der Waals surface area (Å²) in [7, 11) is 0. The van der Waals surface area contributed by atoms with E-state index < -0.39 is 0 Å². The number of anilines is 2. The molecule has 6 heteroatoms. The lowest BCUT2D eigenvalue weighted by atomic mass is 10.1. The second kappa shape index (κ2) is 5.54. The Bertz CT molecular complexity index is 768. The maximum atomic E-state index is 11.4. The number of ketones is 1. The highest BCUT2D eigenvalue weighted by molar-refractivity contribution is 5.95. The fraction of sp³-hybridized carbons (Fsp3) is 0.0667. The van der Waals surface area contributed by atoms with Crippen molar-refractivity contribution < 1.29 is 9.21 Å². The Balaban J connectivity index is 1.82. The van der Waals surface area contributed by atoms with Crippen LogP contribution >= 0.6 is 0 Å². The quantitative estimate of drug-likeness (QED) is 0.740. The summed E-state index contributed by atoms with van der Waals surface area (Å²) in [5.74, 6) is 0.383. The Labute approximate surface area is 120 Å². The predicted octanol–water partition coefficient (Wildman–Crippen LogP) is 3.08. The highest BCUT2D eigenvalue weighted by Crippen LogP contribution is 2.21. The first-order valence-electron chi connectivity index (χ1n) is 6.34. The largest absolute Gasteiger partial charge is 0.403 e. The van der Waals surface area contributed by atoms with E-state index in [1.807, 2.05) is 12.1 Å². The van der Waals surface area contributed by atoms with Gasteiger partial charge in [-0.1, -0.05) is 17.2 Å². The molecule has 0 radical (unpaired) electrons. The molecule has 0 saturated heterocycles. The molecule has 0 fully saturated rings. The van der Waals surface area contributed by atoms with Gasteiger partial charge >= 0.3 is 6.01 Å². The monoisotopic (exact) mass is 280 g/mol. The normalized spacial score (nSPS) is 10.3. The van der Waals surface area contributed by atoms with Gasteiger partial charge in [0.2, 0.25) is 0 Å². The van der Waals surface area contributed by atoms with Crippen molar-refractivity contribution in [1.29, 1.82) is 0 Å². The number of hydrogen-bond acceptors (Lipinski definition) is 6. The van der Waals surface area contributed by atoms with E-state index in [9.17, 15) is 4.79 Å². The van der Waals surface area contributed by atoms with E-state index in [4.69, 9.17) is 4.42 Å². The number of Topliss-reactive ketones (excluding diaryl/α,β-unsaturated/α-hetero) is 1. The molecule has 0 aliphatic heterocycles. The molecule has 104 valence electrons. The zero-order valence-corrected chi connectivity index (χ0v) is 11.3. The van der Waals surface area contributed by atoms with Crippen LogP contribution < -0.4 is 5.32 Å². The minimum Gasteiger partial charge on any atom is -0.403 e. The van der Waals surface area contributed by atoms with Crippen molar-refractivity contribution in [3.8, 4) is 11.5 Å². The molecule has 3 aromatic rings. The zero-order chi connectivity index (χ0) is 14.7. The summed E-state index contributed by atoms with van der Waals surface area (Å²) >= 11 is 0. The number of rotatable bonds is 4. The van der Waals surface area contributed by atoms with Crippen molar-refractivity contribution in [1.82, 2.24) is 15.2 Å². The van der Waals surface area contributed by atoms with Gasteiger partial charge in [-0.3, -0.25) is 9.78 Å². The maximum Gasteiger partial charge on any atom is 0.320 e. The lowest BCUT2D eigenvalue weighted by Crippen LogP contribution is -1.95. The Kier molecular flexibility index (Phi) is 3.42. The molecule has 0 aliphatic carbocycles. The van der Waals surface area contributed by atoms with E-state index >= 15 is 0 Å². The zero-order valence-electron chi connectivity index (χ0n) is 11.3. The molecule has 0 bridgehead atoms. The first-order valence-corrected chi connectivity index (χ1v) is 6.34. The molecule has 0 saturated carbocycles. The third kappa shape index (κ3) is 2.94. The number of nitrogens with one attached hydrogen (secondary N) is 1. The smallest absolute Gasteiger partial charge is 0.320 e. The molecular formula is C15H12N4O2. The second-order valence-corrected chi connectivity index (χ2v) is 4.42. The lowest BCUT2D eigenvalue weighted by Gasteiger charge is -2.02. The van der Waals surface area contributed by atoms with Gasteiger partial charge in [0.15, 0.2) is 5.78 Å². The highest BCUT2D eigenvalue weighted by Gasteiger charge is 2.09. The topological polar surface area (TPSA) is 80.9 Å². The summed E-state index contributed by atoms with van der Waals surface area (Å²) < 4.78 is 5.52. The number of aromatic nitrogens is 3. The van der Waals surface area contributed by atoms with Crippen molar-refractivity contribution >= 4 is 17.5 Å². The second-order valence-electron chi connectivity index (χ2n) is 4.42. The minimum absolute atomic E-state index is 0.000211. The first kappa shape index (κ1) is 13.0. The predicted molar refractivity (Wildman–Crippen MR) is 77.3 cm³/mol. The summed E-state index contributed by atoms with van der Waals surface area (Å²) in [6.45, 7) is 1.52. The maximum absolute atomic E-state index is 11.4. The van der Waals surface area contributed by atoms with Crippen molar-refractivity contribution in [2.75, 3.05) is 5.32 Å². The Hall–Kier alpha value is -3.02. The lowest BCUT2D eigenvalue weighted by molar-refractivity contribution is 0.101. The molecule has 2 aromatic heterocycles. The first-order chi connectivity index (χ1) is 10.2. The van der Waals surface area contributed by atoms with Crippen molar-refractivity contribution in [2.45, 2.75) is 6.92 Å². The molecule has 2 heterocycles. The van der Waals surface area contributed by atoms with Gasteiger partial charge < -0.3 is 9.73 Å². The number of hydrogen-bond donors (Lipinski definition) is 1. The Morgan fingerprint density at radius 3 is 2.86 bits per heavy atom. The minimum atomic E-state index is 0.000211. The molecule has 21 heavy (non-hydrogen) atoms. The summed E-state index contributed by atoms with van der Waals surface area (Å²) in [6, 6.07) is 11.0. The van der Waals surface area contributed by atoms with Crippen molar-refractivity contribution in [3.63, 3.8) is 0 Å². The summed E-state index contributed by atoms with van der Waals surface area (Å²) in [5.41, 5.74) is 2.08. The summed E-state index contributed by atoms with van der Waals surface area (Å²) in [5, 5.41) is 10.9.